The molecule has 122 valence electrons. The predicted octanol–water partition coefficient (Wildman–Crippen LogP) is 2.79. The second-order valence-corrected chi connectivity index (χ2v) is 5.79. The molecular weight excluding hydrogens is 302 g/mol. The van der Waals surface area contributed by atoms with Gasteiger partial charge in [0.05, 0.1) is 6.42 Å². The van der Waals surface area contributed by atoms with E-state index in [0.29, 0.717) is 5.56 Å². The molecule has 1 aromatic heterocycles. The fourth-order valence-corrected chi connectivity index (χ4v) is 2.69. The molecule has 0 radical (unpaired) electrons. The van der Waals surface area contributed by atoms with Gasteiger partial charge in [-0.05, 0) is 42.7 Å². The van der Waals surface area contributed by atoms with Gasteiger partial charge in [-0.25, -0.2) is 0 Å². The number of H-pyrrole nitrogens is 1. The van der Waals surface area contributed by atoms with Crippen molar-refractivity contribution in [1.82, 2.24) is 15.8 Å². The number of nitrogens with one attached hydrogen (secondary N) is 3. The van der Waals surface area contributed by atoms with Gasteiger partial charge in [0.1, 0.15) is 0 Å². The van der Waals surface area contributed by atoms with Gasteiger partial charge in [-0.3, -0.25) is 20.4 Å². The highest BCUT2D eigenvalue weighted by atomic mass is 16.2. The first-order valence-electron chi connectivity index (χ1n) is 7.76. The van der Waals surface area contributed by atoms with Crippen molar-refractivity contribution in [3.8, 4) is 0 Å². The van der Waals surface area contributed by atoms with Gasteiger partial charge in [-0.1, -0.05) is 30.3 Å². The molecular formula is C19H19N3O2. The van der Waals surface area contributed by atoms with Crippen LogP contribution in [0.1, 0.15) is 27.0 Å². The van der Waals surface area contributed by atoms with Gasteiger partial charge in [0, 0.05) is 22.7 Å². The molecule has 0 atom stereocenters. The molecule has 3 aromatic rings. The maximum absolute atomic E-state index is 12.2. The molecule has 0 fully saturated rings. The first kappa shape index (κ1) is 15.8. The molecule has 0 saturated carbocycles. The maximum atomic E-state index is 12.2. The molecule has 0 spiro atoms. The van der Waals surface area contributed by atoms with Crippen molar-refractivity contribution in [2.75, 3.05) is 0 Å². The molecule has 0 saturated heterocycles. The third-order valence-electron chi connectivity index (χ3n) is 4.19. The molecule has 0 aliphatic rings. The van der Waals surface area contributed by atoms with Crippen LogP contribution in [0.15, 0.2) is 48.7 Å². The van der Waals surface area contributed by atoms with Crippen LogP contribution in [0.3, 0.4) is 0 Å². The highest BCUT2D eigenvalue weighted by molar-refractivity contribution is 5.97. The minimum absolute atomic E-state index is 0.192. The average Bonchev–Trinajstić information content (AvgIpc) is 2.98. The van der Waals surface area contributed by atoms with E-state index in [1.165, 1.54) is 0 Å². The first-order chi connectivity index (χ1) is 11.6. The Kier molecular flexibility index (Phi) is 4.33. The molecule has 0 aliphatic carbocycles. The standard InChI is InChI=1S/C19H19N3O2/c1-12-6-5-8-15(13(12)2)19(24)22-21-18(23)10-14-11-20-17-9-4-3-7-16(14)17/h3-9,11,20H,10H2,1-2H3,(H,21,23)(H,22,24). The van der Waals surface area contributed by atoms with Crippen molar-refractivity contribution in [2.45, 2.75) is 20.3 Å². The predicted molar refractivity (Wildman–Crippen MR) is 93.5 cm³/mol. The van der Waals surface area contributed by atoms with E-state index in [1.807, 2.05) is 56.4 Å². The SMILES string of the molecule is Cc1cccc(C(=O)NNC(=O)Cc2c[nH]c3ccccc23)c1C. The molecule has 3 rings (SSSR count). The third kappa shape index (κ3) is 3.15. The zero-order valence-electron chi connectivity index (χ0n) is 13.6. The second-order valence-electron chi connectivity index (χ2n) is 5.79. The zero-order chi connectivity index (χ0) is 17.1. The lowest BCUT2D eigenvalue weighted by atomic mass is 10.0. The number of aromatic nitrogens is 1. The number of rotatable bonds is 3. The summed E-state index contributed by atoms with van der Waals surface area (Å²) in [7, 11) is 0. The van der Waals surface area contributed by atoms with E-state index in [2.05, 4.69) is 15.8 Å². The molecule has 0 bridgehead atoms. The lowest BCUT2D eigenvalue weighted by Gasteiger charge is -2.10. The number of aryl methyl sites for hydroxylation is 1. The van der Waals surface area contributed by atoms with E-state index in [4.69, 9.17) is 0 Å². The van der Waals surface area contributed by atoms with E-state index in [-0.39, 0.29) is 18.2 Å². The summed E-state index contributed by atoms with van der Waals surface area (Å²) in [6, 6.07) is 13.3. The summed E-state index contributed by atoms with van der Waals surface area (Å²) in [6.07, 6.45) is 2.01. The Morgan fingerprint density at radius 1 is 1.00 bits per heavy atom. The van der Waals surface area contributed by atoms with Crippen molar-refractivity contribution in [2.24, 2.45) is 0 Å². The Balaban J connectivity index is 1.63. The summed E-state index contributed by atoms with van der Waals surface area (Å²) in [4.78, 5) is 27.4. The Labute approximate surface area is 140 Å². The monoisotopic (exact) mass is 321 g/mol. The molecule has 2 aromatic carbocycles. The van der Waals surface area contributed by atoms with Crippen molar-refractivity contribution in [1.29, 1.82) is 0 Å². The molecule has 0 aliphatic heterocycles. The molecule has 24 heavy (non-hydrogen) atoms. The van der Waals surface area contributed by atoms with Crippen LogP contribution < -0.4 is 10.9 Å². The quantitative estimate of drug-likeness (QED) is 0.649. The number of para-hydroxylation sites is 1. The van der Waals surface area contributed by atoms with E-state index >= 15 is 0 Å². The fraction of sp³-hybridized carbons (Fsp3) is 0.158. The summed E-state index contributed by atoms with van der Waals surface area (Å²) in [5.41, 5.74) is 9.33. The van der Waals surface area contributed by atoms with Gasteiger partial charge < -0.3 is 4.98 Å². The van der Waals surface area contributed by atoms with Crippen molar-refractivity contribution in [3.05, 3.63) is 70.9 Å². The first-order valence-corrected chi connectivity index (χ1v) is 7.76. The van der Waals surface area contributed by atoms with Crippen LogP contribution in [-0.2, 0) is 11.2 Å². The Morgan fingerprint density at radius 3 is 2.62 bits per heavy atom. The number of aromatic amines is 1. The number of hydrazine groups is 1. The summed E-state index contributed by atoms with van der Waals surface area (Å²) >= 11 is 0. The Bertz CT molecular complexity index is 912. The molecule has 3 N–H and O–H groups in total. The lowest BCUT2D eigenvalue weighted by Crippen LogP contribution is -2.42. The number of carbonyl (C=O) groups is 2. The third-order valence-corrected chi connectivity index (χ3v) is 4.19. The van der Waals surface area contributed by atoms with Gasteiger partial charge in [0.15, 0.2) is 0 Å². The minimum atomic E-state index is -0.316. The number of benzene rings is 2. The van der Waals surface area contributed by atoms with E-state index in [9.17, 15) is 9.59 Å². The summed E-state index contributed by atoms with van der Waals surface area (Å²) in [5.74, 6) is -0.582. The summed E-state index contributed by atoms with van der Waals surface area (Å²) in [5, 5.41) is 1.01. The van der Waals surface area contributed by atoms with Crippen molar-refractivity contribution in [3.63, 3.8) is 0 Å². The van der Waals surface area contributed by atoms with Crippen LogP contribution >= 0.6 is 0 Å². The number of fused-ring (bicyclic) bond motifs is 1. The summed E-state index contributed by atoms with van der Waals surface area (Å²) < 4.78 is 0. The fourth-order valence-electron chi connectivity index (χ4n) is 2.69. The summed E-state index contributed by atoms with van der Waals surface area (Å²) in [6.45, 7) is 3.83. The Hall–Kier alpha value is -3.08. The van der Waals surface area contributed by atoms with Crippen molar-refractivity contribution < 1.29 is 9.59 Å². The highest BCUT2D eigenvalue weighted by Crippen LogP contribution is 2.18. The Morgan fingerprint density at radius 2 is 1.79 bits per heavy atom. The normalized spacial score (nSPS) is 10.6. The number of amides is 2. The van der Waals surface area contributed by atoms with Gasteiger partial charge in [0.25, 0.3) is 5.91 Å². The highest BCUT2D eigenvalue weighted by Gasteiger charge is 2.12. The van der Waals surface area contributed by atoms with E-state index < -0.39 is 0 Å². The molecule has 1 heterocycles. The van der Waals surface area contributed by atoms with Crippen LogP contribution in [-0.4, -0.2) is 16.8 Å². The number of carbonyl (C=O) groups excluding carboxylic acids is 2. The number of hydrogen-bond acceptors (Lipinski definition) is 2. The lowest BCUT2D eigenvalue weighted by molar-refractivity contribution is -0.121. The molecule has 2 amide bonds. The second kappa shape index (κ2) is 6.58. The topological polar surface area (TPSA) is 74.0 Å². The largest absolute Gasteiger partial charge is 0.361 e. The van der Waals surface area contributed by atoms with Crippen LogP contribution in [0.25, 0.3) is 10.9 Å². The number of hydrogen-bond donors (Lipinski definition) is 3. The maximum Gasteiger partial charge on any atom is 0.269 e. The van der Waals surface area contributed by atoms with Crippen molar-refractivity contribution >= 4 is 22.7 Å². The minimum Gasteiger partial charge on any atom is -0.361 e. The van der Waals surface area contributed by atoms with Crippen LogP contribution in [0.4, 0.5) is 0 Å². The molecule has 5 nitrogen and oxygen atoms in total. The molecule has 5 heteroatoms. The van der Waals surface area contributed by atoms with Gasteiger partial charge in [-0.15, -0.1) is 0 Å². The van der Waals surface area contributed by atoms with Gasteiger partial charge in [-0.2, -0.15) is 0 Å². The van der Waals surface area contributed by atoms with E-state index in [0.717, 1.165) is 27.6 Å². The van der Waals surface area contributed by atoms with E-state index in [1.54, 1.807) is 6.07 Å². The zero-order valence-corrected chi connectivity index (χ0v) is 13.6. The van der Waals surface area contributed by atoms with Crippen LogP contribution in [0, 0.1) is 13.8 Å². The molecule has 0 unspecified atom stereocenters. The van der Waals surface area contributed by atoms with Gasteiger partial charge >= 0.3 is 0 Å². The average molecular weight is 321 g/mol. The van der Waals surface area contributed by atoms with Crippen LogP contribution in [0.5, 0.6) is 0 Å². The van der Waals surface area contributed by atoms with Crippen LogP contribution in [0.2, 0.25) is 0 Å². The van der Waals surface area contributed by atoms with Gasteiger partial charge in [0.2, 0.25) is 5.91 Å². The smallest absolute Gasteiger partial charge is 0.269 e.